The molecule has 2 aliphatic rings. The van der Waals surface area contributed by atoms with Crippen LogP contribution in [0, 0.1) is 0 Å². The van der Waals surface area contributed by atoms with Gasteiger partial charge in [-0.25, -0.2) is 4.79 Å². The predicted molar refractivity (Wildman–Crippen MR) is 181 cm³/mol. The number of amides is 3. The minimum Gasteiger partial charge on any atom is -0.368 e. The van der Waals surface area contributed by atoms with Gasteiger partial charge in [0.2, 0.25) is 0 Å². The van der Waals surface area contributed by atoms with Gasteiger partial charge < -0.3 is 20.4 Å². The molecule has 0 atom stereocenters. The van der Waals surface area contributed by atoms with Gasteiger partial charge in [-0.15, -0.1) is 0 Å². The highest BCUT2D eigenvalue weighted by atomic mass is 35.5. The van der Waals surface area contributed by atoms with Gasteiger partial charge in [0.05, 0.1) is 21.4 Å². The number of aromatic nitrogens is 1. The fourth-order valence-electron chi connectivity index (χ4n) is 5.82. The van der Waals surface area contributed by atoms with Crippen molar-refractivity contribution in [2.24, 2.45) is 0 Å². The summed E-state index contributed by atoms with van der Waals surface area (Å²) in [4.78, 5) is 36.6. The van der Waals surface area contributed by atoms with Crippen molar-refractivity contribution in [3.63, 3.8) is 0 Å². The maximum absolute atomic E-state index is 13.1. The van der Waals surface area contributed by atoms with E-state index in [1.807, 2.05) is 78.9 Å². The summed E-state index contributed by atoms with van der Waals surface area (Å²) in [6.07, 6.45) is 4.21. The van der Waals surface area contributed by atoms with Crippen LogP contribution in [0.4, 0.5) is 16.2 Å². The van der Waals surface area contributed by atoms with Crippen LogP contribution in [0.3, 0.4) is 0 Å². The first-order chi connectivity index (χ1) is 21.9. The summed E-state index contributed by atoms with van der Waals surface area (Å²) in [7, 11) is 0. The zero-order valence-electron chi connectivity index (χ0n) is 25.0. The summed E-state index contributed by atoms with van der Waals surface area (Å²) in [6.45, 7) is 5.86. The van der Waals surface area contributed by atoms with E-state index in [9.17, 15) is 9.59 Å². The number of urea groups is 1. The summed E-state index contributed by atoms with van der Waals surface area (Å²) in [5, 5.41) is 6.82. The summed E-state index contributed by atoms with van der Waals surface area (Å²) in [6, 6.07) is 25.0. The number of carbonyl (C=O) groups excluding carboxylic acids is 2. The highest BCUT2D eigenvalue weighted by Gasteiger charge is 2.23. The molecule has 3 aromatic carbocycles. The molecular formula is C35H36Cl2N6O2. The van der Waals surface area contributed by atoms with Crippen molar-refractivity contribution in [1.29, 1.82) is 0 Å². The Hall–Kier alpha value is -4.11. The van der Waals surface area contributed by atoms with Gasteiger partial charge in [0, 0.05) is 62.3 Å². The van der Waals surface area contributed by atoms with E-state index in [1.54, 1.807) is 11.1 Å². The van der Waals surface area contributed by atoms with Gasteiger partial charge >= 0.3 is 6.03 Å². The lowest BCUT2D eigenvalue weighted by molar-refractivity contribution is 0.0951. The molecule has 0 aliphatic carbocycles. The van der Waals surface area contributed by atoms with E-state index in [0.29, 0.717) is 54.0 Å². The topological polar surface area (TPSA) is 80.8 Å². The first kappa shape index (κ1) is 30.9. The first-order valence-electron chi connectivity index (χ1n) is 15.3. The number of carbonyl (C=O) groups is 2. The van der Waals surface area contributed by atoms with Crippen LogP contribution in [0.2, 0.25) is 10.0 Å². The lowest BCUT2D eigenvalue weighted by atomic mass is 10.1. The van der Waals surface area contributed by atoms with Crippen molar-refractivity contribution in [3.05, 3.63) is 112 Å². The van der Waals surface area contributed by atoms with Gasteiger partial charge in [-0.05, 0) is 85.6 Å². The van der Waals surface area contributed by atoms with Crippen molar-refractivity contribution in [1.82, 2.24) is 20.1 Å². The zero-order chi connectivity index (χ0) is 31.2. The summed E-state index contributed by atoms with van der Waals surface area (Å²) >= 11 is 13.1. The van der Waals surface area contributed by atoms with Crippen molar-refractivity contribution < 1.29 is 9.59 Å². The fourth-order valence-corrected chi connectivity index (χ4v) is 6.45. The third-order valence-electron chi connectivity index (χ3n) is 8.37. The number of likely N-dealkylation sites (tertiary alicyclic amines) is 1. The molecule has 4 aromatic rings. The standard InChI is InChI=1S/C35H36Cl2N6O2/c36-30-21-26(24-41-15-3-4-16-41)22-31(37)33(30)40-35(45)43-19-17-42(18-20-43)29-12-10-28(11-13-29)34(44)39-23-25-6-8-27(9-7-25)32-5-1-2-14-38-32/h1-2,5-14,21-22H,3-4,15-20,23-24H2,(H,39,44)(H,40,45). The van der Waals surface area contributed by atoms with Crippen LogP contribution < -0.4 is 15.5 Å². The molecule has 8 nitrogen and oxygen atoms in total. The van der Waals surface area contributed by atoms with E-state index in [4.69, 9.17) is 23.2 Å². The minimum absolute atomic E-state index is 0.127. The average Bonchev–Trinajstić information content (AvgIpc) is 3.59. The molecule has 232 valence electrons. The second-order valence-electron chi connectivity index (χ2n) is 11.5. The van der Waals surface area contributed by atoms with Crippen LogP contribution in [0.15, 0.2) is 85.1 Å². The Morgan fingerprint density at radius 2 is 1.47 bits per heavy atom. The van der Waals surface area contributed by atoms with E-state index in [2.05, 4.69) is 25.4 Å². The molecule has 0 saturated carbocycles. The van der Waals surface area contributed by atoms with E-state index in [1.165, 1.54) is 12.8 Å². The Morgan fingerprint density at radius 1 is 0.778 bits per heavy atom. The van der Waals surface area contributed by atoms with E-state index in [0.717, 1.165) is 47.7 Å². The molecule has 0 bridgehead atoms. The number of nitrogens with zero attached hydrogens (tertiary/aromatic N) is 4. The molecule has 3 amide bonds. The van der Waals surface area contributed by atoms with Gasteiger partial charge in [-0.1, -0.05) is 53.5 Å². The maximum Gasteiger partial charge on any atom is 0.322 e. The van der Waals surface area contributed by atoms with E-state index < -0.39 is 0 Å². The van der Waals surface area contributed by atoms with Crippen LogP contribution in [0.1, 0.15) is 34.3 Å². The van der Waals surface area contributed by atoms with Crippen molar-refractivity contribution in [3.8, 4) is 11.3 Å². The molecule has 10 heteroatoms. The van der Waals surface area contributed by atoms with Crippen LogP contribution in [-0.4, -0.2) is 66.0 Å². The third-order valence-corrected chi connectivity index (χ3v) is 8.96. The second kappa shape index (κ2) is 14.3. The average molecular weight is 644 g/mol. The number of hydrogen-bond acceptors (Lipinski definition) is 5. The normalized spacial score (nSPS) is 15.2. The molecule has 0 spiro atoms. The lowest BCUT2D eigenvalue weighted by Gasteiger charge is -2.36. The molecule has 45 heavy (non-hydrogen) atoms. The molecule has 2 N–H and O–H groups in total. The van der Waals surface area contributed by atoms with Gasteiger partial charge in [-0.2, -0.15) is 0 Å². The van der Waals surface area contributed by atoms with Crippen LogP contribution in [0.5, 0.6) is 0 Å². The van der Waals surface area contributed by atoms with Crippen molar-refractivity contribution >= 4 is 46.5 Å². The lowest BCUT2D eigenvalue weighted by Crippen LogP contribution is -2.50. The largest absolute Gasteiger partial charge is 0.368 e. The molecule has 3 heterocycles. The Kier molecular flexibility index (Phi) is 9.84. The van der Waals surface area contributed by atoms with Gasteiger partial charge in [0.15, 0.2) is 0 Å². The van der Waals surface area contributed by atoms with E-state index in [-0.39, 0.29) is 11.9 Å². The molecular weight excluding hydrogens is 607 g/mol. The fraction of sp³-hybridized carbons (Fsp3) is 0.286. The number of halogens is 2. The molecule has 2 fully saturated rings. The molecule has 2 aliphatic heterocycles. The first-order valence-corrected chi connectivity index (χ1v) is 16.1. The predicted octanol–water partition coefficient (Wildman–Crippen LogP) is 6.94. The van der Waals surface area contributed by atoms with Crippen LogP contribution in [-0.2, 0) is 13.1 Å². The van der Waals surface area contributed by atoms with Crippen LogP contribution in [0.25, 0.3) is 11.3 Å². The van der Waals surface area contributed by atoms with Crippen molar-refractivity contribution in [2.45, 2.75) is 25.9 Å². The monoisotopic (exact) mass is 642 g/mol. The number of rotatable bonds is 8. The molecule has 0 radical (unpaired) electrons. The Labute approximate surface area is 273 Å². The highest BCUT2D eigenvalue weighted by Crippen LogP contribution is 2.33. The highest BCUT2D eigenvalue weighted by molar-refractivity contribution is 6.39. The molecule has 2 saturated heterocycles. The van der Waals surface area contributed by atoms with Gasteiger partial charge in [0.25, 0.3) is 5.91 Å². The zero-order valence-corrected chi connectivity index (χ0v) is 26.5. The van der Waals surface area contributed by atoms with Gasteiger partial charge in [0.1, 0.15) is 0 Å². The Morgan fingerprint density at radius 3 is 2.11 bits per heavy atom. The third kappa shape index (κ3) is 7.76. The molecule has 1 aromatic heterocycles. The van der Waals surface area contributed by atoms with Crippen molar-refractivity contribution in [2.75, 3.05) is 49.5 Å². The number of anilines is 2. The Balaban J connectivity index is 0.970. The number of nitrogens with one attached hydrogen (secondary N) is 2. The number of piperazine rings is 1. The molecule has 0 unspecified atom stereocenters. The summed E-state index contributed by atoms with van der Waals surface area (Å²) in [5.74, 6) is -0.127. The number of benzene rings is 3. The van der Waals surface area contributed by atoms with Gasteiger partial charge in [-0.3, -0.25) is 14.7 Å². The number of hydrogen-bond donors (Lipinski definition) is 2. The quantitative estimate of drug-likeness (QED) is 0.218. The Bertz CT molecular complexity index is 1600. The second-order valence-corrected chi connectivity index (χ2v) is 12.3. The molecule has 6 rings (SSSR count). The SMILES string of the molecule is O=C(NCc1ccc(-c2ccccn2)cc1)c1ccc(N2CCN(C(=O)Nc3c(Cl)cc(CN4CCCC4)cc3Cl)CC2)cc1. The maximum atomic E-state index is 13.1. The van der Waals surface area contributed by atoms with E-state index >= 15 is 0 Å². The smallest absolute Gasteiger partial charge is 0.322 e. The van der Waals surface area contributed by atoms with Crippen LogP contribution >= 0.6 is 23.2 Å². The minimum atomic E-state index is -0.218. The number of pyridine rings is 1. The summed E-state index contributed by atoms with van der Waals surface area (Å²) in [5.41, 5.74) is 6.08. The summed E-state index contributed by atoms with van der Waals surface area (Å²) < 4.78 is 0.